The summed E-state index contributed by atoms with van der Waals surface area (Å²) >= 11 is 1.29. The summed E-state index contributed by atoms with van der Waals surface area (Å²) in [5.74, 6) is -0.449. The van der Waals surface area contributed by atoms with E-state index < -0.39 is 16.1 Å². The molecule has 1 saturated heterocycles. The van der Waals surface area contributed by atoms with Gasteiger partial charge in [0.1, 0.15) is 11.2 Å². The number of hydrogen-bond acceptors (Lipinski definition) is 4. The maximum atomic E-state index is 13.4. The Kier molecular flexibility index (Phi) is 3.81. The lowest BCUT2D eigenvalue weighted by Gasteiger charge is -2.24. The highest BCUT2D eigenvalue weighted by molar-refractivity contribution is 8.00. The lowest BCUT2D eigenvalue weighted by Crippen LogP contribution is -2.28. The Morgan fingerprint density at radius 1 is 1.23 bits per heavy atom. The minimum absolute atomic E-state index is 0.0453. The second-order valence-electron chi connectivity index (χ2n) is 4.72. The smallest absolute Gasteiger partial charge is 0.275 e. The molecule has 0 saturated carbocycles. The molecule has 1 amide bonds. The first-order chi connectivity index (χ1) is 10.6. The first-order valence-corrected chi connectivity index (χ1v) is 7.55. The van der Waals surface area contributed by atoms with Gasteiger partial charge in [-0.2, -0.15) is 0 Å². The van der Waals surface area contributed by atoms with Crippen molar-refractivity contribution >= 4 is 29.0 Å². The van der Waals surface area contributed by atoms with Gasteiger partial charge in [-0.25, -0.2) is 4.39 Å². The average molecular weight is 318 g/mol. The third-order valence-electron chi connectivity index (χ3n) is 3.35. The number of hydrogen-bond donors (Lipinski definition) is 0. The van der Waals surface area contributed by atoms with Crippen molar-refractivity contribution in [2.45, 2.75) is 5.37 Å². The number of thioether (sulfide) groups is 1. The second kappa shape index (κ2) is 5.76. The SMILES string of the molecule is O=C1CS[C@H](c2ccccc2[N+](=O)[O-])N1c1cccc(F)c1. The highest BCUT2D eigenvalue weighted by Crippen LogP contribution is 2.44. The molecule has 0 aliphatic carbocycles. The van der Waals surface area contributed by atoms with Gasteiger partial charge in [0.2, 0.25) is 5.91 Å². The monoisotopic (exact) mass is 318 g/mol. The van der Waals surface area contributed by atoms with Crippen LogP contribution in [0.1, 0.15) is 10.9 Å². The summed E-state index contributed by atoms with van der Waals surface area (Å²) in [7, 11) is 0. The fourth-order valence-corrected chi connectivity index (χ4v) is 3.63. The van der Waals surface area contributed by atoms with Gasteiger partial charge >= 0.3 is 0 Å². The van der Waals surface area contributed by atoms with Gasteiger partial charge in [-0.1, -0.05) is 18.2 Å². The van der Waals surface area contributed by atoms with Crippen LogP contribution in [0.5, 0.6) is 0 Å². The molecule has 2 aromatic carbocycles. The van der Waals surface area contributed by atoms with E-state index in [4.69, 9.17) is 0 Å². The molecule has 1 fully saturated rings. The number of para-hydroxylation sites is 1. The van der Waals surface area contributed by atoms with Crippen molar-refractivity contribution in [2.75, 3.05) is 10.7 Å². The maximum absolute atomic E-state index is 13.4. The van der Waals surface area contributed by atoms with Crippen LogP contribution in [0, 0.1) is 15.9 Å². The van der Waals surface area contributed by atoms with Crippen LogP contribution in [-0.2, 0) is 4.79 Å². The zero-order chi connectivity index (χ0) is 15.7. The van der Waals surface area contributed by atoms with E-state index in [0.717, 1.165) is 0 Å². The third-order valence-corrected chi connectivity index (χ3v) is 4.55. The topological polar surface area (TPSA) is 63.4 Å². The van der Waals surface area contributed by atoms with Gasteiger partial charge in [-0.05, 0) is 24.3 Å². The van der Waals surface area contributed by atoms with E-state index in [2.05, 4.69) is 0 Å². The maximum Gasteiger partial charge on any atom is 0.275 e. The van der Waals surface area contributed by atoms with Crippen molar-refractivity contribution in [3.8, 4) is 0 Å². The van der Waals surface area contributed by atoms with E-state index >= 15 is 0 Å². The number of carbonyl (C=O) groups excluding carboxylic acids is 1. The first-order valence-electron chi connectivity index (χ1n) is 6.50. The summed E-state index contributed by atoms with van der Waals surface area (Å²) in [5.41, 5.74) is 0.793. The summed E-state index contributed by atoms with van der Waals surface area (Å²) in [5, 5.41) is 10.7. The average Bonchev–Trinajstić information content (AvgIpc) is 2.89. The number of amides is 1. The van der Waals surface area contributed by atoms with Gasteiger partial charge in [0.05, 0.1) is 16.2 Å². The largest absolute Gasteiger partial charge is 0.295 e. The van der Waals surface area contributed by atoms with Crippen molar-refractivity contribution in [3.63, 3.8) is 0 Å². The highest BCUT2D eigenvalue weighted by Gasteiger charge is 2.37. The number of rotatable bonds is 3. The molecule has 2 aromatic rings. The third kappa shape index (κ3) is 2.55. The molecule has 1 heterocycles. The molecule has 1 aliphatic heterocycles. The predicted molar refractivity (Wildman–Crippen MR) is 82.2 cm³/mol. The van der Waals surface area contributed by atoms with E-state index in [1.54, 1.807) is 24.3 Å². The Balaban J connectivity index is 2.07. The molecule has 22 heavy (non-hydrogen) atoms. The molecule has 5 nitrogen and oxygen atoms in total. The molecule has 0 bridgehead atoms. The Labute approximate surface area is 129 Å². The van der Waals surface area contributed by atoms with Crippen molar-refractivity contribution in [3.05, 3.63) is 70.0 Å². The predicted octanol–water partition coefficient (Wildman–Crippen LogP) is 3.51. The van der Waals surface area contributed by atoms with E-state index in [9.17, 15) is 19.3 Å². The first kappa shape index (κ1) is 14.5. The minimum Gasteiger partial charge on any atom is -0.295 e. The Bertz CT molecular complexity index is 753. The summed E-state index contributed by atoms with van der Waals surface area (Å²) in [6.45, 7) is 0. The second-order valence-corrected chi connectivity index (χ2v) is 5.79. The van der Waals surface area contributed by atoms with Crippen LogP contribution in [0.3, 0.4) is 0 Å². The van der Waals surface area contributed by atoms with Gasteiger partial charge in [0.25, 0.3) is 5.69 Å². The molecular formula is C15H11FN2O3S. The molecule has 0 spiro atoms. The van der Waals surface area contributed by atoms with Gasteiger partial charge < -0.3 is 0 Å². The summed E-state index contributed by atoms with van der Waals surface area (Å²) in [6.07, 6.45) is 0. The summed E-state index contributed by atoms with van der Waals surface area (Å²) < 4.78 is 13.4. The standard InChI is InChI=1S/C15H11FN2O3S/c16-10-4-3-5-11(8-10)17-14(19)9-22-15(17)12-6-1-2-7-13(12)18(20)21/h1-8,15H,9H2/t15-/m1/s1. The Morgan fingerprint density at radius 3 is 2.73 bits per heavy atom. The van der Waals surface area contributed by atoms with Crippen molar-refractivity contribution in [2.24, 2.45) is 0 Å². The number of benzene rings is 2. The minimum atomic E-state index is -0.532. The Hall–Kier alpha value is -2.41. The molecule has 0 radical (unpaired) electrons. The van der Waals surface area contributed by atoms with Crippen molar-refractivity contribution < 1.29 is 14.1 Å². The van der Waals surface area contributed by atoms with E-state index in [0.29, 0.717) is 11.3 Å². The molecule has 0 aromatic heterocycles. The highest BCUT2D eigenvalue weighted by atomic mass is 32.2. The molecule has 1 atom stereocenters. The summed E-state index contributed by atoms with van der Waals surface area (Å²) in [6, 6.07) is 12.0. The molecule has 112 valence electrons. The molecule has 3 rings (SSSR count). The number of anilines is 1. The van der Waals surface area contributed by atoms with Crippen LogP contribution < -0.4 is 4.90 Å². The van der Waals surface area contributed by atoms with Gasteiger partial charge in [0, 0.05) is 11.8 Å². The van der Waals surface area contributed by atoms with Gasteiger partial charge in [-0.3, -0.25) is 19.8 Å². The number of halogens is 1. The molecule has 0 N–H and O–H groups in total. The molecular weight excluding hydrogens is 307 g/mol. The molecule has 7 heteroatoms. The number of nitrogens with zero attached hydrogens (tertiary/aromatic N) is 2. The van der Waals surface area contributed by atoms with E-state index in [-0.39, 0.29) is 17.3 Å². The van der Waals surface area contributed by atoms with Gasteiger partial charge in [-0.15, -0.1) is 11.8 Å². The zero-order valence-electron chi connectivity index (χ0n) is 11.3. The van der Waals surface area contributed by atoms with Crippen molar-refractivity contribution in [1.29, 1.82) is 0 Å². The van der Waals surface area contributed by atoms with Crippen LogP contribution in [-0.4, -0.2) is 16.6 Å². The van der Waals surface area contributed by atoms with E-state index in [1.165, 1.54) is 40.9 Å². The van der Waals surface area contributed by atoms with Crippen LogP contribution in [0.2, 0.25) is 0 Å². The van der Waals surface area contributed by atoms with Crippen molar-refractivity contribution in [1.82, 2.24) is 0 Å². The quantitative estimate of drug-likeness (QED) is 0.642. The number of carbonyl (C=O) groups is 1. The lowest BCUT2D eigenvalue weighted by atomic mass is 10.1. The van der Waals surface area contributed by atoms with Crippen LogP contribution in [0.25, 0.3) is 0 Å². The van der Waals surface area contributed by atoms with E-state index in [1.807, 2.05) is 0 Å². The normalized spacial score (nSPS) is 17.8. The number of nitro groups is 1. The lowest BCUT2D eigenvalue weighted by molar-refractivity contribution is -0.385. The summed E-state index contributed by atoms with van der Waals surface area (Å²) in [4.78, 5) is 24.3. The molecule has 1 aliphatic rings. The van der Waals surface area contributed by atoms with Crippen LogP contribution in [0.15, 0.2) is 48.5 Å². The fourth-order valence-electron chi connectivity index (χ4n) is 2.42. The van der Waals surface area contributed by atoms with Crippen LogP contribution >= 0.6 is 11.8 Å². The Morgan fingerprint density at radius 2 is 2.00 bits per heavy atom. The molecule has 0 unspecified atom stereocenters. The van der Waals surface area contributed by atoms with Crippen LogP contribution in [0.4, 0.5) is 15.8 Å². The van der Waals surface area contributed by atoms with Gasteiger partial charge in [0.15, 0.2) is 0 Å². The number of nitro benzene ring substituents is 1. The zero-order valence-corrected chi connectivity index (χ0v) is 12.1. The fraction of sp³-hybridized carbons (Fsp3) is 0.133.